The Morgan fingerprint density at radius 1 is 1.11 bits per heavy atom. The molecule has 0 aliphatic carbocycles. The van der Waals surface area contributed by atoms with Gasteiger partial charge in [0.15, 0.2) is 0 Å². The van der Waals surface area contributed by atoms with Crippen LogP contribution in [-0.2, 0) is 14.9 Å². The minimum Gasteiger partial charge on any atom is -0.426 e. The van der Waals surface area contributed by atoms with E-state index in [9.17, 15) is 23.3 Å². The minimum atomic E-state index is -4.20. The number of hydrogen-bond acceptors (Lipinski definition) is 7. The van der Waals surface area contributed by atoms with Gasteiger partial charge in [0.1, 0.15) is 16.4 Å². The zero-order valence-corrected chi connectivity index (χ0v) is 15.9. The number of ether oxygens (including phenoxy) is 1. The molecule has 0 saturated heterocycles. The second kappa shape index (κ2) is 7.75. The quantitative estimate of drug-likeness (QED) is 0.232. The Hall–Kier alpha value is -2.94. The predicted molar refractivity (Wildman–Crippen MR) is 97.1 cm³/mol. The fourth-order valence-electron chi connectivity index (χ4n) is 1.89. The van der Waals surface area contributed by atoms with Crippen LogP contribution in [0.4, 0.5) is 5.69 Å². The van der Waals surface area contributed by atoms with Crippen LogP contribution in [0.1, 0.15) is 27.2 Å². The van der Waals surface area contributed by atoms with Gasteiger partial charge in [-0.25, -0.2) is 0 Å². The van der Waals surface area contributed by atoms with Crippen LogP contribution in [0.15, 0.2) is 53.4 Å². The molecule has 0 heterocycles. The van der Waals surface area contributed by atoms with Gasteiger partial charge >= 0.3 is 16.1 Å². The van der Waals surface area contributed by atoms with Gasteiger partial charge in [0.05, 0.1) is 16.4 Å². The van der Waals surface area contributed by atoms with E-state index in [1.165, 1.54) is 42.5 Å². The Bertz CT molecular complexity index is 950. The molecule has 2 rings (SSSR count). The van der Waals surface area contributed by atoms with Gasteiger partial charge in [-0.1, -0.05) is 13.0 Å². The fourth-order valence-corrected chi connectivity index (χ4v) is 2.81. The van der Waals surface area contributed by atoms with Crippen molar-refractivity contribution in [2.45, 2.75) is 32.1 Å². The van der Waals surface area contributed by atoms with Crippen molar-refractivity contribution in [3.8, 4) is 11.5 Å². The molecule has 0 atom stereocenters. The summed E-state index contributed by atoms with van der Waals surface area (Å²) in [4.78, 5) is 22.0. The molecular formula is C18H19NO7S. The van der Waals surface area contributed by atoms with Crippen LogP contribution in [0, 0.1) is 15.5 Å². The molecule has 0 bridgehead atoms. The number of nitro benzene ring substituents is 1. The predicted octanol–water partition coefficient (Wildman–Crippen LogP) is 3.70. The lowest BCUT2D eigenvalue weighted by molar-refractivity contribution is -0.384. The monoisotopic (exact) mass is 393 g/mol. The molecular weight excluding hydrogens is 374 g/mol. The first-order valence-electron chi connectivity index (χ1n) is 8.06. The lowest BCUT2D eigenvalue weighted by Crippen LogP contribution is -2.28. The maximum atomic E-state index is 12.3. The van der Waals surface area contributed by atoms with E-state index in [1.807, 2.05) is 6.92 Å². The number of carbonyl (C=O) groups is 1. The number of benzene rings is 2. The third kappa shape index (κ3) is 5.04. The Morgan fingerprint density at radius 3 is 2.30 bits per heavy atom. The van der Waals surface area contributed by atoms with Crippen molar-refractivity contribution < 1.29 is 27.1 Å². The van der Waals surface area contributed by atoms with Gasteiger partial charge in [0, 0.05) is 6.07 Å². The Kier molecular flexibility index (Phi) is 5.85. The molecule has 0 spiro atoms. The SMILES string of the molecule is CCC(C)(C)C(=O)Oc1ccc(S(=O)(=O)Oc2cccc([N+](=O)[O-])c2)cc1. The number of carbonyl (C=O) groups excluding carboxylic acids is 1. The minimum absolute atomic E-state index is 0.176. The molecule has 0 aromatic heterocycles. The van der Waals surface area contributed by atoms with Crippen molar-refractivity contribution in [3.05, 3.63) is 58.6 Å². The number of esters is 1. The van der Waals surface area contributed by atoms with Crippen molar-refractivity contribution >= 4 is 21.8 Å². The summed E-state index contributed by atoms with van der Waals surface area (Å²) >= 11 is 0. The zero-order valence-electron chi connectivity index (χ0n) is 15.0. The maximum Gasteiger partial charge on any atom is 0.339 e. The molecule has 0 saturated carbocycles. The highest BCUT2D eigenvalue weighted by molar-refractivity contribution is 7.87. The summed E-state index contributed by atoms with van der Waals surface area (Å²) < 4.78 is 34.8. The van der Waals surface area contributed by atoms with Gasteiger partial charge in [0.2, 0.25) is 0 Å². The molecule has 2 aromatic carbocycles. The lowest BCUT2D eigenvalue weighted by atomic mass is 9.91. The van der Waals surface area contributed by atoms with E-state index in [1.54, 1.807) is 13.8 Å². The molecule has 0 amide bonds. The average molecular weight is 393 g/mol. The summed E-state index contributed by atoms with van der Waals surface area (Å²) in [7, 11) is -4.20. The van der Waals surface area contributed by atoms with Crippen molar-refractivity contribution in [1.29, 1.82) is 0 Å². The van der Waals surface area contributed by atoms with Crippen LogP contribution in [0.2, 0.25) is 0 Å². The maximum absolute atomic E-state index is 12.3. The van der Waals surface area contributed by atoms with Crippen molar-refractivity contribution in [3.63, 3.8) is 0 Å². The summed E-state index contributed by atoms with van der Waals surface area (Å²) in [6.45, 7) is 5.37. The van der Waals surface area contributed by atoms with Crippen LogP contribution in [0.5, 0.6) is 11.5 Å². The van der Waals surface area contributed by atoms with Gasteiger partial charge < -0.3 is 8.92 Å². The largest absolute Gasteiger partial charge is 0.426 e. The first-order valence-corrected chi connectivity index (χ1v) is 9.47. The van der Waals surface area contributed by atoms with E-state index in [0.717, 1.165) is 6.07 Å². The zero-order chi connectivity index (χ0) is 20.2. The molecule has 0 unspecified atom stereocenters. The van der Waals surface area contributed by atoms with Crippen LogP contribution in [0.25, 0.3) is 0 Å². The lowest BCUT2D eigenvalue weighted by Gasteiger charge is -2.20. The van der Waals surface area contributed by atoms with E-state index in [4.69, 9.17) is 8.92 Å². The normalized spacial score (nSPS) is 11.7. The van der Waals surface area contributed by atoms with Gasteiger partial charge in [-0.3, -0.25) is 14.9 Å². The van der Waals surface area contributed by atoms with Crippen LogP contribution < -0.4 is 8.92 Å². The fraction of sp³-hybridized carbons (Fsp3) is 0.278. The molecule has 2 aromatic rings. The molecule has 9 heteroatoms. The summed E-state index contributed by atoms with van der Waals surface area (Å²) in [5.41, 5.74) is -0.945. The highest BCUT2D eigenvalue weighted by atomic mass is 32.2. The molecule has 0 fully saturated rings. The smallest absolute Gasteiger partial charge is 0.339 e. The number of nitrogens with zero attached hydrogens (tertiary/aromatic N) is 1. The van der Waals surface area contributed by atoms with Gasteiger partial charge in [0.25, 0.3) is 5.69 Å². The number of non-ortho nitro benzene ring substituents is 1. The summed E-state index contributed by atoms with van der Waals surface area (Å²) in [5.74, 6) is -0.395. The van der Waals surface area contributed by atoms with E-state index in [0.29, 0.717) is 6.42 Å². The molecule has 144 valence electrons. The van der Waals surface area contributed by atoms with Crippen molar-refractivity contribution in [2.24, 2.45) is 5.41 Å². The third-order valence-electron chi connectivity index (χ3n) is 3.99. The van der Waals surface area contributed by atoms with Crippen LogP contribution in [0.3, 0.4) is 0 Å². The second-order valence-corrected chi connectivity index (χ2v) is 7.94. The topological polar surface area (TPSA) is 113 Å². The molecule has 0 N–H and O–H groups in total. The van der Waals surface area contributed by atoms with E-state index < -0.39 is 26.4 Å². The first-order chi connectivity index (χ1) is 12.5. The molecule has 0 radical (unpaired) electrons. The number of rotatable bonds is 7. The highest BCUT2D eigenvalue weighted by Gasteiger charge is 2.28. The van der Waals surface area contributed by atoms with E-state index in [2.05, 4.69) is 0 Å². The Morgan fingerprint density at radius 2 is 1.74 bits per heavy atom. The third-order valence-corrected chi connectivity index (χ3v) is 5.26. The standard InChI is InChI=1S/C18H19NO7S/c1-4-18(2,3)17(20)25-14-8-10-16(11-9-14)27(23,24)26-15-7-5-6-13(12-15)19(21)22/h5-12H,4H2,1-3H3. The van der Waals surface area contributed by atoms with Crippen molar-refractivity contribution in [2.75, 3.05) is 0 Å². The molecule has 27 heavy (non-hydrogen) atoms. The van der Waals surface area contributed by atoms with Crippen LogP contribution in [-0.4, -0.2) is 19.3 Å². The number of hydrogen-bond donors (Lipinski definition) is 0. The van der Waals surface area contributed by atoms with Gasteiger partial charge in [-0.2, -0.15) is 8.42 Å². The van der Waals surface area contributed by atoms with E-state index >= 15 is 0 Å². The van der Waals surface area contributed by atoms with Gasteiger partial charge in [-0.15, -0.1) is 0 Å². The first kappa shape index (κ1) is 20.4. The summed E-state index contributed by atoms with van der Waals surface area (Å²) in [6.07, 6.45) is 0.593. The molecule has 8 nitrogen and oxygen atoms in total. The average Bonchev–Trinajstić information content (AvgIpc) is 2.62. The van der Waals surface area contributed by atoms with Crippen molar-refractivity contribution in [1.82, 2.24) is 0 Å². The Labute approximate surface area is 157 Å². The Balaban J connectivity index is 2.17. The molecule has 0 aliphatic rings. The second-order valence-electron chi connectivity index (χ2n) is 6.39. The molecule has 0 aliphatic heterocycles. The highest BCUT2D eigenvalue weighted by Crippen LogP contribution is 2.26. The van der Waals surface area contributed by atoms with E-state index in [-0.39, 0.29) is 22.1 Å². The number of nitro groups is 1. The van der Waals surface area contributed by atoms with Gasteiger partial charge in [-0.05, 0) is 50.6 Å². The summed E-state index contributed by atoms with van der Waals surface area (Å²) in [5, 5.41) is 10.8. The summed E-state index contributed by atoms with van der Waals surface area (Å²) in [6, 6.07) is 10.00. The van der Waals surface area contributed by atoms with Crippen LogP contribution >= 0.6 is 0 Å².